The van der Waals surface area contributed by atoms with E-state index in [4.69, 9.17) is 0 Å². The van der Waals surface area contributed by atoms with Gasteiger partial charge in [-0.1, -0.05) is 0 Å². The van der Waals surface area contributed by atoms with E-state index in [1.165, 1.54) is 18.5 Å². The number of hydrogen-bond acceptors (Lipinski definition) is 3. The minimum absolute atomic E-state index is 1.14. The van der Waals surface area contributed by atoms with E-state index in [1.807, 2.05) is 18.5 Å². The molecule has 0 radical (unpaired) electrons. The summed E-state index contributed by atoms with van der Waals surface area (Å²) in [6.07, 6.45) is 6.22. The first kappa shape index (κ1) is 9.46. The lowest BCUT2D eigenvalue weighted by molar-refractivity contribution is 0.567. The quantitative estimate of drug-likeness (QED) is 0.724. The highest BCUT2D eigenvalue weighted by Crippen LogP contribution is 2.12. The fourth-order valence-corrected chi connectivity index (χ4v) is 1.83. The number of nitrogens with one attached hydrogen (secondary N) is 1. The average Bonchev–Trinajstić information content (AvgIpc) is 2.18. The zero-order valence-corrected chi connectivity index (χ0v) is 8.45. The molecule has 0 amide bonds. The predicted molar refractivity (Wildman–Crippen MR) is 58.6 cm³/mol. The minimum Gasteiger partial charge on any atom is -0.370 e. The van der Waals surface area contributed by atoms with Gasteiger partial charge in [-0.15, -0.1) is 0 Å². The maximum atomic E-state index is 4.16. The molecule has 1 N–H and O–H groups in total. The molecule has 1 aromatic rings. The maximum Gasteiger partial charge on any atom is 0.0552 e. The van der Waals surface area contributed by atoms with E-state index >= 15 is 0 Å². The smallest absolute Gasteiger partial charge is 0.0552 e. The molecule has 1 aliphatic heterocycles. The number of anilines is 1. The third kappa shape index (κ3) is 2.45. The molecule has 0 atom stereocenters. The van der Waals surface area contributed by atoms with E-state index in [1.54, 1.807) is 0 Å². The second-order valence-electron chi connectivity index (χ2n) is 3.66. The lowest BCUT2D eigenvalue weighted by atomic mass is 10.2. The van der Waals surface area contributed by atoms with Gasteiger partial charge in [-0.2, -0.15) is 0 Å². The minimum atomic E-state index is 1.14. The van der Waals surface area contributed by atoms with Crippen LogP contribution < -0.4 is 10.2 Å². The van der Waals surface area contributed by atoms with Crippen LogP contribution in [0.5, 0.6) is 0 Å². The second-order valence-corrected chi connectivity index (χ2v) is 3.66. The third-order valence-corrected chi connectivity index (χ3v) is 2.57. The first-order valence-corrected chi connectivity index (χ1v) is 5.32. The molecule has 2 rings (SSSR count). The summed E-state index contributed by atoms with van der Waals surface area (Å²) in [5, 5.41) is 3.42. The number of pyridine rings is 1. The van der Waals surface area contributed by atoms with Crippen LogP contribution in [0, 0.1) is 0 Å². The van der Waals surface area contributed by atoms with E-state index in [-0.39, 0.29) is 0 Å². The Balaban J connectivity index is 2.01. The molecule has 1 aromatic heterocycles. The van der Waals surface area contributed by atoms with Crippen LogP contribution in [0.1, 0.15) is 12.8 Å². The Morgan fingerprint density at radius 3 is 2.64 bits per heavy atom. The lowest BCUT2D eigenvalue weighted by Crippen LogP contribution is -2.33. The summed E-state index contributed by atoms with van der Waals surface area (Å²) in [6.45, 7) is 4.55. The molecular weight excluding hydrogens is 174 g/mol. The van der Waals surface area contributed by atoms with Gasteiger partial charge >= 0.3 is 0 Å². The first-order valence-electron chi connectivity index (χ1n) is 5.32. The van der Waals surface area contributed by atoms with Crippen molar-refractivity contribution in [2.45, 2.75) is 12.8 Å². The van der Waals surface area contributed by atoms with Gasteiger partial charge < -0.3 is 10.2 Å². The van der Waals surface area contributed by atoms with Gasteiger partial charge in [0.2, 0.25) is 0 Å². The zero-order chi connectivity index (χ0) is 9.64. The topological polar surface area (TPSA) is 28.2 Å². The third-order valence-electron chi connectivity index (χ3n) is 2.57. The van der Waals surface area contributed by atoms with Gasteiger partial charge in [0.25, 0.3) is 0 Å². The van der Waals surface area contributed by atoms with Crippen molar-refractivity contribution < 1.29 is 0 Å². The zero-order valence-electron chi connectivity index (χ0n) is 8.45. The van der Waals surface area contributed by atoms with Crippen molar-refractivity contribution in [1.82, 2.24) is 10.3 Å². The molecule has 3 nitrogen and oxygen atoms in total. The van der Waals surface area contributed by atoms with Gasteiger partial charge in [0.15, 0.2) is 0 Å². The van der Waals surface area contributed by atoms with Crippen molar-refractivity contribution in [2.75, 3.05) is 31.1 Å². The van der Waals surface area contributed by atoms with Crippen molar-refractivity contribution in [3.63, 3.8) is 0 Å². The Bertz CT molecular complexity index is 252. The molecule has 14 heavy (non-hydrogen) atoms. The van der Waals surface area contributed by atoms with Crippen LogP contribution in [0.4, 0.5) is 5.69 Å². The standard InChI is InChI=1S/C11H17N3/c1-4-11(10-13-5-1)14-8-2-6-12-7-3-9-14/h1,4-5,10,12H,2-3,6-9H2. The SMILES string of the molecule is c1cncc(N2CCCNCCC2)c1. The van der Waals surface area contributed by atoms with Gasteiger partial charge in [-0.25, -0.2) is 0 Å². The van der Waals surface area contributed by atoms with E-state index in [0.29, 0.717) is 0 Å². The monoisotopic (exact) mass is 191 g/mol. The number of nitrogens with zero attached hydrogens (tertiary/aromatic N) is 2. The summed E-state index contributed by atoms with van der Waals surface area (Å²) in [7, 11) is 0. The predicted octanol–water partition coefficient (Wildman–Crippen LogP) is 1.27. The van der Waals surface area contributed by atoms with Crippen LogP contribution in [0.2, 0.25) is 0 Å². The molecule has 1 saturated heterocycles. The normalized spacial score (nSPS) is 18.7. The molecule has 0 aliphatic carbocycles. The molecule has 1 fully saturated rings. The van der Waals surface area contributed by atoms with Crippen LogP contribution in [0.3, 0.4) is 0 Å². The molecule has 0 unspecified atom stereocenters. The van der Waals surface area contributed by atoms with E-state index in [0.717, 1.165) is 26.2 Å². The first-order chi connectivity index (χ1) is 6.97. The van der Waals surface area contributed by atoms with Crippen molar-refractivity contribution in [3.8, 4) is 0 Å². The van der Waals surface area contributed by atoms with Gasteiger partial charge in [0, 0.05) is 19.3 Å². The van der Waals surface area contributed by atoms with Crippen molar-refractivity contribution in [3.05, 3.63) is 24.5 Å². The van der Waals surface area contributed by atoms with Gasteiger partial charge in [-0.3, -0.25) is 4.98 Å². The summed E-state index contributed by atoms with van der Waals surface area (Å²) < 4.78 is 0. The summed E-state index contributed by atoms with van der Waals surface area (Å²) in [5.41, 5.74) is 1.26. The Hall–Kier alpha value is -1.09. The Morgan fingerprint density at radius 1 is 1.21 bits per heavy atom. The molecule has 3 heteroatoms. The molecule has 2 heterocycles. The van der Waals surface area contributed by atoms with Gasteiger partial charge in [-0.05, 0) is 38.1 Å². The van der Waals surface area contributed by atoms with Crippen LogP contribution in [0.25, 0.3) is 0 Å². The summed E-state index contributed by atoms with van der Waals surface area (Å²) >= 11 is 0. The van der Waals surface area contributed by atoms with Crippen LogP contribution >= 0.6 is 0 Å². The van der Waals surface area contributed by atoms with E-state index < -0.39 is 0 Å². The van der Waals surface area contributed by atoms with Crippen molar-refractivity contribution in [2.24, 2.45) is 0 Å². The number of rotatable bonds is 1. The average molecular weight is 191 g/mol. The van der Waals surface area contributed by atoms with Crippen molar-refractivity contribution >= 4 is 5.69 Å². The van der Waals surface area contributed by atoms with E-state index in [9.17, 15) is 0 Å². The molecule has 0 saturated carbocycles. The highest BCUT2D eigenvalue weighted by Gasteiger charge is 2.07. The molecule has 1 aliphatic rings. The molecule has 0 spiro atoms. The second kappa shape index (κ2) is 4.96. The highest BCUT2D eigenvalue weighted by molar-refractivity contribution is 5.43. The molecule has 0 aromatic carbocycles. The van der Waals surface area contributed by atoms with E-state index in [2.05, 4.69) is 21.3 Å². The fraction of sp³-hybridized carbons (Fsp3) is 0.545. The van der Waals surface area contributed by atoms with Gasteiger partial charge in [0.05, 0.1) is 11.9 Å². The number of aromatic nitrogens is 1. The summed E-state index contributed by atoms with van der Waals surface area (Å²) in [4.78, 5) is 6.58. The molecule has 76 valence electrons. The van der Waals surface area contributed by atoms with Crippen LogP contribution in [-0.2, 0) is 0 Å². The van der Waals surface area contributed by atoms with Gasteiger partial charge in [0.1, 0.15) is 0 Å². The van der Waals surface area contributed by atoms with Crippen molar-refractivity contribution in [1.29, 1.82) is 0 Å². The Labute approximate surface area is 85.1 Å². The van der Waals surface area contributed by atoms with Crippen LogP contribution in [0.15, 0.2) is 24.5 Å². The molecule has 0 bridgehead atoms. The fourth-order valence-electron chi connectivity index (χ4n) is 1.83. The largest absolute Gasteiger partial charge is 0.370 e. The maximum absolute atomic E-state index is 4.16. The summed E-state index contributed by atoms with van der Waals surface area (Å²) in [6, 6.07) is 4.15. The highest BCUT2D eigenvalue weighted by atomic mass is 15.1. The number of hydrogen-bond donors (Lipinski definition) is 1. The summed E-state index contributed by atoms with van der Waals surface area (Å²) in [5.74, 6) is 0. The Kier molecular flexibility index (Phi) is 3.35. The van der Waals surface area contributed by atoms with Crippen LogP contribution in [-0.4, -0.2) is 31.2 Å². The Morgan fingerprint density at radius 2 is 2.00 bits per heavy atom. The lowest BCUT2D eigenvalue weighted by Gasteiger charge is -2.26. The molecular formula is C11H17N3.